The Hall–Kier alpha value is -3.11. The summed E-state index contributed by atoms with van der Waals surface area (Å²) in [6, 6.07) is 13.3. The molecular formula is C29H34Cl2N6O3. The predicted octanol–water partition coefficient (Wildman–Crippen LogP) is 5.35. The molecule has 1 unspecified atom stereocenters. The second-order valence-electron chi connectivity index (χ2n) is 10.3. The molecule has 9 nitrogen and oxygen atoms in total. The van der Waals surface area contributed by atoms with Gasteiger partial charge in [-0.05, 0) is 80.7 Å². The van der Waals surface area contributed by atoms with Crippen molar-refractivity contribution in [3.8, 4) is 22.9 Å². The molecule has 11 heteroatoms. The lowest BCUT2D eigenvalue weighted by molar-refractivity contribution is 0.0478. The summed E-state index contributed by atoms with van der Waals surface area (Å²) < 4.78 is 11.4. The van der Waals surface area contributed by atoms with Crippen LogP contribution < -0.4 is 20.7 Å². The summed E-state index contributed by atoms with van der Waals surface area (Å²) in [6.45, 7) is 8.14. The van der Waals surface area contributed by atoms with Crippen LogP contribution in [0.15, 0.2) is 48.7 Å². The fourth-order valence-electron chi connectivity index (χ4n) is 5.31. The van der Waals surface area contributed by atoms with E-state index in [4.69, 9.17) is 43.4 Å². The van der Waals surface area contributed by atoms with E-state index in [1.807, 2.05) is 43.3 Å². The van der Waals surface area contributed by atoms with Gasteiger partial charge in [0, 0.05) is 54.4 Å². The molecule has 0 spiro atoms. The van der Waals surface area contributed by atoms with Crippen molar-refractivity contribution in [1.82, 2.24) is 20.2 Å². The van der Waals surface area contributed by atoms with E-state index < -0.39 is 6.09 Å². The van der Waals surface area contributed by atoms with Gasteiger partial charge in [-0.15, -0.1) is 0 Å². The quantitative estimate of drug-likeness (QED) is 0.365. The van der Waals surface area contributed by atoms with Crippen molar-refractivity contribution in [2.45, 2.75) is 32.4 Å². The molecule has 2 fully saturated rings. The van der Waals surface area contributed by atoms with Crippen LogP contribution in [0, 0.1) is 5.92 Å². The Labute approximate surface area is 244 Å². The highest BCUT2D eigenvalue weighted by atomic mass is 35.5. The van der Waals surface area contributed by atoms with Crippen LogP contribution >= 0.6 is 23.2 Å². The maximum atomic E-state index is 11.1. The first-order chi connectivity index (χ1) is 19.3. The first-order valence-electron chi connectivity index (χ1n) is 13.6. The van der Waals surface area contributed by atoms with E-state index in [1.165, 1.54) is 0 Å². The van der Waals surface area contributed by atoms with Crippen LogP contribution in [0.3, 0.4) is 0 Å². The molecule has 2 saturated heterocycles. The van der Waals surface area contributed by atoms with Gasteiger partial charge >= 0.3 is 6.09 Å². The number of piperidine rings is 1. The number of likely N-dealkylation sites (tertiary alicyclic amines) is 1. The summed E-state index contributed by atoms with van der Waals surface area (Å²) in [5.41, 5.74) is 7.80. The number of aromatic nitrogens is 2. The topological polar surface area (TPSA) is 106 Å². The third-order valence-electron chi connectivity index (χ3n) is 7.41. The molecule has 0 bridgehead atoms. The Morgan fingerprint density at radius 2 is 1.80 bits per heavy atom. The summed E-state index contributed by atoms with van der Waals surface area (Å²) in [6.07, 6.45) is 2.67. The number of nitrogens with two attached hydrogens (primary N) is 1. The molecule has 40 heavy (non-hydrogen) atoms. The van der Waals surface area contributed by atoms with Gasteiger partial charge in [-0.2, -0.15) is 0 Å². The van der Waals surface area contributed by atoms with E-state index in [9.17, 15) is 4.79 Å². The number of hydrogen-bond acceptors (Lipinski definition) is 8. The summed E-state index contributed by atoms with van der Waals surface area (Å²) in [7, 11) is 0. The lowest BCUT2D eigenvalue weighted by atomic mass is 9.92. The van der Waals surface area contributed by atoms with Gasteiger partial charge in [0.1, 0.15) is 17.7 Å². The monoisotopic (exact) mass is 584 g/mol. The van der Waals surface area contributed by atoms with Crippen LogP contribution in [0.25, 0.3) is 11.3 Å². The number of nitrogens with one attached hydrogen (secondary N) is 1. The molecule has 3 N–H and O–H groups in total. The number of piperazine rings is 1. The number of pyridine rings is 2. The first kappa shape index (κ1) is 28.4. The second-order valence-corrected chi connectivity index (χ2v) is 11.2. The van der Waals surface area contributed by atoms with E-state index in [0.29, 0.717) is 27.6 Å². The van der Waals surface area contributed by atoms with Gasteiger partial charge < -0.3 is 25.4 Å². The molecule has 212 valence electrons. The molecule has 1 amide bonds. The van der Waals surface area contributed by atoms with Gasteiger partial charge in [0.15, 0.2) is 0 Å². The summed E-state index contributed by atoms with van der Waals surface area (Å²) in [5.74, 6) is 2.31. The van der Waals surface area contributed by atoms with Crippen LogP contribution in [-0.4, -0.2) is 66.3 Å². The zero-order chi connectivity index (χ0) is 28.1. The number of halogens is 2. The Balaban J connectivity index is 1.34. The molecular weight excluding hydrogens is 551 g/mol. The molecule has 0 aliphatic carbocycles. The fourth-order valence-corrected chi connectivity index (χ4v) is 5.83. The number of carbonyl (C=O) groups is 1. The molecule has 3 aromatic rings. The van der Waals surface area contributed by atoms with Crippen molar-refractivity contribution < 1.29 is 14.3 Å². The van der Waals surface area contributed by atoms with Crippen LogP contribution in [0.2, 0.25) is 10.0 Å². The average molecular weight is 586 g/mol. The Kier molecular flexibility index (Phi) is 9.26. The van der Waals surface area contributed by atoms with Crippen molar-refractivity contribution >= 4 is 35.1 Å². The van der Waals surface area contributed by atoms with E-state index in [2.05, 4.69) is 20.1 Å². The van der Waals surface area contributed by atoms with Crippen molar-refractivity contribution in [2.75, 3.05) is 44.2 Å². The van der Waals surface area contributed by atoms with Gasteiger partial charge in [0.25, 0.3) is 0 Å². The SMILES string of the molecule is CC(OC(N)=O)C1CCN(Cc2cc(Oc3ccc(N4CCNCC4)nc3)nc(-c3cc(Cl)cc(Cl)c3)c2)CC1. The third kappa shape index (κ3) is 7.54. The van der Waals surface area contributed by atoms with Crippen molar-refractivity contribution in [2.24, 2.45) is 11.7 Å². The molecule has 2 aromatic heterocycles. The number of anilines is 1. The van der Waals surface area contributed by atoms with Crippen LogP contribution in [-0.2, 0) is 11.3 Å². The van der Waals surface area contributed by atoms with Gasteiger partial charge in [0.05, 0.1) is 11.9 Å². The predicted molar refractivity (Wildman–Crippen MR) is 157 cm³/mol. The normalized spacial score (nSPS) is 17.4. The molecule has 1 atom stereocenters. The number of primary amides is 1. The van der Waals surface area contributed by atoms with Crippen LogP contribution in [0.4, 0.5) is 10.6 Å². The fraction of sp³-hybridized carbons (Fsp3) is 0.414. The number of hydrogen-bond donors (Lipinski definition) is 2. The molecule has 5 rings (SSSR count). The number of carbonyl (C=O) groups excluding carboxylic acids is 1. The number of amides is 1. The molecule has 0 radical (unpaired) electrons. The van der Waals surface area contributed by atoms with Crippen molar-refractivity contribution in [3.63, 3.8) is 0 Å². The van der Waals surface area contributed by atoms with E-state index in [0.717, 1.165) is 81.3 Å². The van der Waals surface area contributed by atoms with Gasteiger partial charge in [-0.25, -0.2) is 14.8 Å². The molecule has 2 aliphatic rings. The summed E-state index contributed by atoms with van der Waals surface area (Å²) >= 11 is 12.6. The number of benzene rings is 1. The maximum Gasteiger partial charge on any atom is 0.404 e. The molecule has 1 aromatic carbocycles. The lowest BCUT2D eigenvalue weighted by Crippen LogP contribution is -2.43. The zero-order valence-electron chi connectivity index (χ0n) is 22.5. The minimum atomic E-state index is -0.721. The van der Waals surface area contributed by atoms with Crippen LogP contribution in [0.5, 0.6) is 11.6 Å². The Bertz CT molecular complexity index is 1290. The highest BCUT2D eigenvalue weighted by Gasteiger charge is 2.26. The largest absolute Gasteiger partial charge is 0.446 e. The smallest absolute Gasteiger partial charge is 0.404 e. The summed E-state index contributed by atoms with van der Waals surface area (Å²) in [5, 5.41) is 4.44. The summed E-state index contributed by atoms with van der Waals surface area (Å²) in [4.78, 5) is 25.2. The third-order valence-corrected chi connectivity index (χ3v) is 7.84. The Morgan fingerprint density at radius 3 is 2.45 bits per heavy atom. The highest BCUT2D eigenvalue weighted by molar-refractivity contribution is 6.35. The average Bonchev–Trinajstić information content (AvgIpc) is 2.93. The van der Waals surface area contributed by atoms with Gasteiger partial charge in [-0.1, -0.05) is 23.2 Å². The number of rotatable bonds is 8. The zero-order valence-corrected chi connectivity index (χ0v) is 24.0. The molecule has 4 heterocycles. The number of ether oxygens (including phenoxy) is 2. The molecule has 2 aliphatic heterocycles. The second kappa shape index (κ2) is 13.0. The maximum absolute atomic E-state index is 11.1. The molecule has 0 saturated carbocycles. The van der Waals surface area contributed by atoms with Gasteiger partial charge in [-0.3, -0.25) is 4.90 Å². The number of nitrogens with zero attached hydrogens (tertiary/aromatic N) is 4. The Morgan fingerprint density at radius 1 is 1.07 bits per heavy atom. The minimum Gasteiger partial charge on any atom is -0.446 e. The van der Waals surface area contributed by atoms with E-state index in [-0.39, 0.29) is 6.10 Å². The van der Waals surface area contributed by atoms with Crippen LogP contribution in [0.1, 0.15) is 25.3 Å². The van der Waals surface area contributed by atoms with E-state index in [1.54, 1.807) is 12.3 Å². The minimum absolute atomic E-state index is 0.189. The standard InChI is InChI=1S/C29H34Cl2N6O3/c1-19(39-29(32)38)21-4-8-36(9-5-21)18-20-12-26(22-14-23(30)16-24(31)15-22)35-28(13-20)40-25-2-3-27(34-17-25)37-10-6-33-7-11-37/h2-3,12-17,19,21,33H,4-11,18H2,1H3,(H2,32,38). The van der Waals surface area contributed by atoms with E-state index >= 15 is 0 Å². The van der Waals surface area contributed by atoms with Gasteiger partial charge in [0.2, 0.25) is 5.88 Å². The first-order valence-corrected chi connectivity index (χ1v) is 14.3. The van der Waals surface area contributed by atoms with Crippen molar-refractivity contribution in [3.05, 3.63) is 64.3 Å². The van der Waals surface area contributed by atoms with Crippen molar-refractivity contribution in [1.29, 1.82) is 0 Å². The highest BCUT2D eigenvalue weighted by Crippen LogP contribution is 2.31. The lowest BCUT2D eigenvalue weighted by Gasteiger charge is -2.34.